The molecule has 1 aromatic carbocycles. The van der Waals surface area contributed by atoms with Crippen molar-refractivity contribution in [3.63, 3.8) is 0 Å². The lowest BCUT2D eigenvalue weighted by Crippen LogP contribution is -2.36. The van der Waals surface area contributed by atoms with E-state index in [2.05, 4.69) is 10.0 Å². The van der Waals surface area contributed by atoms with Crippen LogP contribution in [-0.4, -0.2) is 27.5 Å². The second-order valence-corrected chi connectivity index (χ2v) is 8.26. The Bertz CT molecular complexity index is 577. The molecule has 2 aliphatic rings. The summed E-state index contributed by atoms with van der Waals surface area (Å²) in [5, 5.41) is 3.36. The quantitative estimate of drug-likeness (QED) is 0.869. The van der Waals surface area contributed by atoms with E-state index in [0.29, 0.717) is 10.8 Å². The van der Waals surface area contributed by atoms with Crippen LogP contribution in [0.3, 0.4) is 0 Å². The van der Waals surface area contributed by atoms with E-state index in [0.717, 1.165) is 51.6 Å². The Labute approximate surface area is 145 Å². The fraction of sp³-hybridized carbons (Fsp3) is 0.647. The Hall–Kier alpha value is -0.620. The Morgan fingerprint density at radius 3 is 2.13 bits per heavy atom. The lowest BCUT2D eigenvalue weighted by Gasteiger charge is -2.24. The highest BCUT2D eigenvalue weighted by molar-refractivity contribution is 7.89. The lowest BCUT2D eigenvalue weighted by atomic mass is 9.90. The van der Waals surface area contributed by atoms with Crippen molar-refractivity contribution >= 4 is 22.4 Å². The van der Waals surface area contributed by atoms with Crippen molar-refractivity contribution in [1.82, 2.24) is 10.0 Å². The van der Waals surface area contributed by atoms with Gasteiger partial charge in [0.05, 0.1) is 4.90 Å². The van der Waals surface area contributed by atoms with E-state index in [1.807, 2.05) is 12.1 Å². The summed E-state index contributed by atoms with van der Waals surface area (Å²) in [6.07, 6.45) is 7.67. The van der Waals surface area contributed by atoms with Crippen LogP contribution in [0.25, 0.3) is 0 Å². The number of piperidine rings is 1. The summed E-state index contributed by atoms with van der Waals surface area (Å²) in [4.78, 5) is 0.399. The number of hydrogen-bond acceptors (Lipinski definition) is 3. The van der Waals surface area contributed by atoms with E-state index < -0.39 is 10.0 Å². The van der Waals surface area contributed by atoms with Gasteiger partial charge >= 0.3 is 0 Å². The predicted molar refractivity (Wildman–Crippen MR) is 95.7 cm³/mol. The standard InChI is InChI=1S/C17H26N2O2S.ClH/c20-22(21,19-16-4-2-1-3-5-16)17-8-6-14(7-9-17)15-10-12-18-13-11-15;/h6-9,15-16,18-19H,1-5,10-13H2;1H. The van der Waals surface area contributed by atoms with Crippen molar-refractivity contribution in [2.24, 2.45) is 0 Å². The minimum atomic E-state index is -3.37. The average molecular weight is 359 g/mol. The Morgan fingerprint density at radius 1 is 0.913 bits per heavy atom. The van der Waals surface area contributed by atoms with Crippen molar-refractivity contribution < 1.29 is 8.42 Å². The normalized spacial score (nSPS) is 20.9. The molecule has 1 aliphatic carbocycles. The molecule has 2 fully saturated rings. The van der Waals surface area contributed by atoms with Crippen molar-refractivity contribution in [3.8, 4) is 0 Å². The van der Waals surface area contributed by atoms with Gasteiger partial charge in [-0.1, -0.05) is 31.4 Å². The van der Waals surface area contributed by atoms with Gasteiger partial charge in [0.2, 0.25) is 10.0 Å². The van der Waals surface area contributed by atoms with E-state index in [1.54, 1.807) is 12.1 Å². The van der Waals surface area contributed by atoms with E-state index in [9.17, 15) is 8.42 Å². The molecule has 1 aromatic rings. The third-order valence-electron chi connectivity index (χ3n) is 4.93. The molecule has 4 nitrogen and oxygen atoms in total. The average Bonchev–Trinajstić information content (AvgIpc) is 2.56. The molecule has 0 bridgehead atoms. The Kier molecular flexibility index (Phi) is 6.89. The molecule has 130 valence electrons. The van der Waals surface area contributed by atoms with Crippen molar-refractivity contribution in [2.75, 3.05) is 13.1 Å². The van der Waals surface area contributed by atoms with Crippen molar-refractivity contribution in [2.45, 2.75) is 61.8 Å². The smallest absolute Gasteiger partial charge is 0.240 e. The van der Waals surface area contributed by atoms with Crippen LogP contribution < -0.4 is 10.0 Å². The SMILES string of the molecule is Cl.O=S(=O)(NC1CCCCC1)c1ccc(C2CCNCC2)cc1. The van der Waals surface area contributed by atoms with Crippen LogP contribution in [0.1, 0.15) is 56.4 Å². The number of nitrogens with one attached hydrogen (secondary N) is 2. The van der Waals surface area contributed by atoms with Crippen LogP contribution in [0.5, 0.6) is 0 Å². The number of sulfonamides is 1. The number of hydrogen-bond donors (Lipinski definition) is 2. The molecule has 23 heavy (non-hydrogen) atoms. The summed E-state index contributed by atoms with van der Waals surface area (Å²) in [6.45, 7) is 2.10. The van der Waals surface area contributed by atoms with Gasteiger partial charge in [-0.15, -0.1) is 12.4 Å². The summed E-state index contributed by atoms with van der Waals surface area (Å²) >= 11 is 0. The molecule has 0 atom stereocenters. The lowest BCUT2D eigenvalue weighted by molar-refractivity contribution is 0.412. The first-order chi connectivity index (χ1) is 10.6. The van der Waals surface area contributed by atoms with Gasteiger partial charge in [0.1, 0.15) is 0 Å². The molecule has 3 rings (SSSR count). The predicted octanol–water partition coefficient (Wildman–Crippen LogP) is 3.19. The third kappa shape index (κ3) is 4.92. The third-order valence-corrected chi connectivity index (χ3v) is 6.46. The highest BCUT2D eigenvalue weighted by Crippen LogP contribution is 2.26. The van der Waals surface area contributed by atoms with E-state index in [1.165, 1.54) is 12.0 Å². The van der Waals surface area contributed by atoms with Gasteiger partial charge < -0.3 is 5.32 Å². The Balaban J connectivity index is 0.00000192. The summed E-state index contributed by atoms with van der Waals surface area (Å²) in [7, 11) is -3.37. The van der Waals surface area contributed by atoms with E-state index >= 15 is 0 Å². The second kappa shape index (κ2) is 8.47. The van der Waals surface area contributed by atoms with Crippen LogP contribution in [0.4, 0.5) is 0 Å². The molecule has 0 amide bonds. The number of rotatable bonds is 4. The van der Waals surface area contributed by atoms with E-state index in [-0.39, 0.29) is 18.4 Å². The van der Waals surface area contributed by atoms with Crippen LogP contribution in [0.2, 0.25) is 0 Å². The van der Waals surface area contributed by atoms with Gasteiger partial charge in [0.15, 0.2) is 0 Å². The number of halogens is 1. The molecule has 1 saturated carbocycles. The van der Waals surface area contributed by atoms with Gasteiger partial charge in [0.25, 0.3) is 0 Å². The van der Waals surface area contributed by atoms with Gasteiger partial charge in [-0.25, -0.2) is 13.1 Å². The van der Waals surface area contributed by atoms with Crippen molar-refractivity contribution in [3.05, 3.63) is 29.8 Å². The summed E-state index contributed by atoms with van der Waals surface area (Å²) in [5.41, 5.74) is 1.26. The van der Waals surface area contributed by atoms with Crippen molar-refractivity contribution in [1.29, 1.82) is 0 Å². The summed E-state index contributed by atoms with van der Waals surface area (Å²) < 4.78 is 27.8. The zero-order valence-electron chi connectivity index (χ0n) is 13.5. The second-order valence-electron chi connectivity index (χ2n) is 6.55. The largest absolute Gasteiger partial charge is 0.317 e. The maximum absolute atomic E-state index is 12.5. The molecule has 0 unspecified atom stereocenters. The van der Waals surface area contributed by atoms with E-state index in [4.69, 9.17) is 0 Å². The maximum Gasteiger partial charge on any atom is 0.240 e. The van der Waals surface area contributed by atoms with Crippen LogP contribution in [0, 0.1) is 0 Å². The van der Waals surface area contributed by atoms with Crippen LogP contribution in [-0.2, 0) is 10.0 Å². The monoisotopic (exact) mass is 358 g/mol. The first-order valence-electron chi connectivity index (χ1n) is 8.48. The molecule has 0 radical (unpaired) electrons. The fourth-order valence-electron chi connectivity index (χ4n) is 3.58. The zero-order chi connectivity index (χ0) is 15.4. The Morgan fingerprint density at radius 2 is 1.52 bits per heavy atom. The molecular weight excluding hydrogens is 332 g/mol. The molecule has 1 heterocycles. The molecule has 0 aromatic heterocycles. The molecule has 6 heteroatoms. The first-order valence-corrected chi connectivity index (χ1v) is 9.96. The van der Waals surface area contributed by atoms with Gasteiger partial charge in [-0.05, 0) is 62.4 Å². The highest BCUT2D eigenvalue weighted by atomic mass is 35.5. The first kappa shape index (κ1) is 18.7. The molecule has 0 spiro atoms. The summed E-state index contributed by atoms with van der Waals surface area (Å²) in [6, 6.07) is 7.63. The fourth-order valence-corrected chi connectivity index (χ4v) is 4.89. The van der Waals surface area contributed by atoms with Gasteiger partial charge in [-0.2, -0.15) is 0 Å². The molecule has 1 aliphatic heterocycles. The van der Waals surface area contributed by atoms with Gasteiger partial charge in [0, 0.05) is 6.04 Å². The number of benzene rings is 1. The minimum absolute atomic E-state index is 0. The highest BCUT2D eigenvalue weighted by Gasteiger charge is 2.22. The van der Waals surface area contributed by atoms with Gasteiger partial charge in [-0.3, -0.25) is 0 Å². The molecule has 1 saturated heterocycles. The van der Waals surface area contributed by atoms with Crippen LogP contribution in [0.15, 0.2) is 29.2 Å². The topological polar surface area (TPSA) is 58.2 Å². The maximum atomic E-state index is 12.5. The summed E-state index contributed by atoms with van der Waals surface area (Å²) in [5.74, 6) is 0.560. The zero-order valence-corrected chi connectivity index (χ0v) is 15.1. The van der Waals surface area contributed by atoms with Crippen LogP contribution >= 0.6 is 12.4 Å². The molecule has 2 N–H and O–H groups in total. The minimum Gasteiger partial charge on any atom is -0.317 e. The molecular formula is C17H27ClN2O2S.